The van der Waals surface area contributed by atoms with Gasteiger partial charge in [0.05, 0.1) is 5.02 Å². The number of nitrogens with one attached hydrogen (secondary N) is 1. The number of hydrogen-bond acceptors (Lipinski definition) is 4. The molecule has 1 aliphatic heterocycles. The lowest BCUT2D eigenvalue weighted by atomic mass is 9.96. The molecule has 0 aromatic carbocycles. The minimum absolute atomic E-state index is 0.00370. The van der Waals surface area contributed by atoms with Crippen LogP contribution in [0.25, 0.3) is 0 Å². The molecule has 1 saturated heterocycles. The topological polar surface area (TPSA) is 58.1 Å². The Morgan fingerprint density at radius 1 is 1.17 bits per heavy atom. The van der Waals surface area contributed by atoms with Gasteiger partial charge in [-0.05, 0) is 53.0 Å². The zero-order valence-corrected chi connectivity index (χ0v) is 14.7. The molecule has 1 amide bonds. The van der Waals surface area contributed by atoms with E-state index in [2.05, 4.69) is 36.1 Å². The molecule has 0 radical (unpaired) electrons. The van der Waals surface area contributed by atoms with E-state index in [0.717, 1.165) is 36.2 Å². The zero-order chi connectivity index (χ0) is 16.2. The molecule has 0 unspecified atom stereocenters. The Kier molecular flexibility index (Phi) is 5.13. The van der Waals surface area contributed by atoms with E-state index in [9.17, 15) is 4.79 Å². The van der Waals surface area contributed by atoms with Gasteiger partial charge in [-0.1, -0.05) is 11.6 Å². The van der Waals surface area contributed by atoms with Gasteiger partial charge in [-0.25, -0.2) is 9.97 Å². The largest absolute Gasteiger partial charge is 0.357 e. The van der Waals surface area contributed by atoms with Gasteiger partial charge >= 0.3 is 0 Å². The summed E-state index contributed by atoms with van der Waals surface area (Å²) in [4.78, 5) is 23.0. The van der Waals surface area contributed by atoms with Crippen LogP contribution in [0.5, 0.6) is 0 Å². The fourth-order valence-corrected chi connectivity index (χ4v) is 2.95. The number of amides is 1. The van der Waals surface area contributed by atoms with Crippen molar-refractivity contribution in [1.82, 2.24) is 9.97 Å². The Balaban J connectivity index is 1.54. The Morgan fingerprint density at radius 2 is 1.96 bits per heavy atom. The summed E-state index contributed by atoms with van der Waals surface area (Å²) in [5, 5.41) is 3.51. The van der Waals surface area contributed by atoms with Crippen molar-refractivity contribution >= 4 is 45.1 Å². The van der Waals surface area contributed by atoms with Crippen LogP contribution in [-0.4, -0.2) is 29.0 Å². The number of carbonyl (C=O) groups is 1. The van der Waals surface area contributed by atoms with Crippen molar-refractivity contribution < 1.29 is 4.79 Å². The summed E-state index contributed by atoms with van der Waals surface area (Å²) in [5.41, 5.74) is 0. The Bertz CT molecular complexity index is 669. The molecule has 1 fully saturated rings. The van der Waals surface area contributed by atoms with Crippen molar-refractivity contribution in [2.24, 2.45) is 5.92 Å². The van der Waals surface area contributed by atoms with E-state index in [4.69, 9.17) is 11.6 Å². The number of aromatic nitrogens is 2. The number of carbonyl (C=O) groups excluding carboxylic acids is 1. The summed E-state index contributed by atoms with van der Waals surface area (Å²) in [5.74, 6) is 1.52. The first-order chi connectivity index (χ1) is 11.1. The fraction of sp³-hybridized carbons (Fsp3) is 0.312. The molecule has 0 aliphatic carbocycles. The van der Waals surface area contributed by atoms with Gasteiger partial charge in [0, 0.05) is 35.9 Å². The van der Waals surface area contributed by atoms with Gasteiger partial charge in [-0.15, -0.1) is 0 Å². The van der Waals surface area contributed by atoms with Crippen molar-refractivity contribution in [2.45, 2.75) is 12.8 Å². The molecular formula is C16H16BrClN4O. The SMILES string of the molecule is O=C(Nc1ccc(Br)cn1)C1CCN(c2ccc(Cl)cn2)CC1. The van der Waals surface area contributed by atoms with Gasteiger partial charge in [0.2, 0.25) is 5.91 Å². The van der Waals surface area contributed by atoms with E-state index in [1.807, 2.05) is 18.2 Å². The van der Waals surface area contributed by atoms with Crippen LogP contribution in [-0.2, 0) is 4.79 Å². The number of hydrogen-bond donors (Lipinski definition) is 1. The monoisotopic (exact) mass is 394 g/mol. The molecule has 0 saturated carbocycles. The van der Waals surface area contributed by atoms with Crippen LogP contribution in [0.2, 0.25) is 5.02 Å². The van der Waals surface area contributed by atoms with E-state index in [1.165, 1.54) is 0 Å². The molecule has 3 rings (SSSR count). The molecule has 0 spiro atoms. The van der Waals surface area contributed by atoms with Crippen molar-refractivity contribution in [3.05, 3.63) is 46.2 Å². The van der Waals surface area contributed by atoms with Crippen LogP contribution in [0.4, 0.5) is 11.6 Å². The maximum atomic E-state index is 12.3. The van der Waals surface area contributed by atoms with Crippen molar-refractivity contribution in [2.75, 3.05) is 23.3 Å². The molecule has 0 atom stereocenters. The third-order valence-electron chi connectivity index (χ3n) is 3.88. The summed E-state index contributed by atoms with van der Waals surface area (Å²) in [7, 11) is 0. The predicted octanol–water partition coefficient (Wildman–Crippen LogP) is 3.75. The van der Waals surface area contributed by atoms with Gasteiger partial charge < -0.3 is 10.2 Å². The Labute approximate surface area is 148 Å². The first-order valence-electron chi connectivity index (χ1n) is 7.41. The second kappa shape index (κ2) is 7.27. The molecular weight excluding hydrogens is 380 g/mol. The smallest absolute Gasteiger partial charge is 0.228 e. The van der Waals surface area contributed by atoms with Crippen LogP contribution in [0, 0.1) is 5.92 Å². The van der Waals surface area contributed by atoms with Gasteiger partial charge in [0.15, 0.2) is 0 Å². The molecule has 1 aliphatic rings. The summed E-state index contributed by atoms with van der Waals surface area (Å²) >= 11 is 9.19. The quantitative estimate of drug-likeness (QED) is 0.860. The van der Waals surface area contributed by atoms with Crippen LogP contribution >= 0.6 is 27.5 Å². The Hall–Kier alpha value is -1.66. The fourth-order valence-electron chi connectivity index (χ4n) is 2.60. The van der Waals surface area contributed by atoms with E-state index in [0.29, 0.717) is 10.8 Å². The zero-order valence-electron chi connectivity index (χ0n) is 12.4. The maximum absolute atomic E-state index is 12.3. The van der Waals surface area contributed by atoms with Gasteiger partial charge in [0.25, 0.3) is 0 Å². The van der Waals surface area contributed by atoms with Crippen LogP contribution in [0.15, 0.2) is 41.1 Å². The van der Waals surface area contributed by atoms with Crippen molar-refractivity contribution in [3.8, 4) is 0 Å². The molecule has 0 bridgehead atoms. The summed E-state index contributed by atoms with van der Waals surface area (Å²) in [6.45, 7) is 1.61. The molecule has 1 N–H and O–H groups in total. The van der Waals surface area contributed by atoms with Crippen LogP contribution in [0.3, 0.4) is 0 Å². The van der Waals surface area contributed by atoms with Gasteiger partial charge in [-0.2, -0.15) is 0 Å². The minimum atomic E-state index is 0.00370. The molecule has 7 heteroatoms. The number of piperidine rings is 1. The summed E-state index contributed by atoms with van der Waals surface area (Å²) in [6.07, 6.45) is 4.92. The molecule has 2 aromatic rings. The van der Waals surface area contributed by atoms with Gasteiger partial charge in [-0.3, -0.25) is 4.79 Å². The third kappa shape index (κ3) is 4.20. The normalized spacial score (nSPS) is 15.5. The molecule has 23 heavy (non-hydrogen) atoms. The van der Waals surface area contributed by atoms with Gasteiger partial charge in [0.1, 0.15) is 11.6 Å². The molecule has 2 aromatic heterocycles. The number of halogens is 2. The average Bonchev–Trinajstić information content (AvgIpc) is 2.58. The average molecular weight is 396 g/mol. The predicted molar refractivity (Wildman–Crippen MR) is 94.8 cm³/mol. The minimum Gasteiger partial charge on any atom is -0.357 e. The number of pyridine rings is 2. The summed E-state index contributed by atoms with van der Waals surface area (Å²) < 4.78 is 0.888. The molecule has 5 nitrogen and oxygen atoms in total. The van der Waals surface area contributed by atoms with E-state index in [1.54, 1.807) is 18.5 Å². The lowest BCUT2D eigenvalue weighted by Crippen LogP contribution is -2.38. The Morgan fingerprint density at radius 3 is 2.57 bits per heavy atom. The highest BCUT2D eigenvalue weighted by atomic mass is 79.9. The highest BCUT2D eigenvalue weighted by Crippen LogP contribution is 2.23. The second-order valence-electron chi connectivity index (χ2n) is 5.45. The number of nitrogens with zero attached hydrogens (tertiary/aromatic N) is 3. The first-order valence-corrected chi connectivity index (χ1v) is 8.58. The third-order valence-corrected chi connectivity index (χ3v) is 4.57. The van der Waals surface area contributed by atoms with Crippen molar-refractivity contribution in [3.63, 3.8) is 0 Å². The first kappa shape index (κ1) is 16.2. The van der Waals surface area contributed by atoms with Crippen molar-refractivity contribution in [1.29, 1.82) is 0 Å². The second-order valence-corrected chi connectivity index (χ2v) is 6.80. The number of anilines is 2. The lowest BCUT2D eigenvalue weighted by molar-refractivity contribution is -0.120. The number of rotatable bonds is 3. The highest BCUT2D eigenvalue weighted by molar-refractivity contribution is 9.10. The van der Waals surface area contributed by atoms with E-state index < -0.39 is 0 Å². The summed E-state index contributed by atoms with van der Waals surface area (Å²) in [6, 6.07) is 7.39. The van der Waals surface area contributed by atoms with E-state index >= 15 is 0 Å². The van der Waals surface area contributed by atoms with Crippen LogP contribution < -0.4 is 10.2 Å². The standard InChI is InChI=1S/C16H16BrClN4O/c17-12-1-3-14(19-9-12)21-16(23)11-5-7-22(8-6-11)15-4-2-13(18)10-20-15/h1-4,9-11H,5-8H2,(H,19,21,23). The molecule has 3 heterocycles. The van der Waals surface area contributed by atoms with Crippen LogP contribution in [0.1, 0.15) is 12.8 Å². The highest BCUT2D eigenvalue weighted by Gasteiger charge is 2.25. The lowest BCUT2D eigenvalue weighted by Gasteiger charge is -2.32. The van der Waals surface area contributed by atoms with E-state index in [-0.39, 0.29) is 11.8 Å². The molecule has 120 valence electrons. The maximum Gasteiger partial charge on any atom is 0.228 e.